The SMILES string of the molecule is CN(C)CC1CC(c2nc(-c3ccc4ccc(-c5ccccn5)nc4c3)c3c(N)ncnn23)C1. The van der Waals surface area contributed by atoms with Gasteiger partial charge in [0.15, 0.2) is 5.82 Å². The van der Waals surface area contributed by atoms with Crippen LogP contribution in [0.5, 0.6) is 0 Å². The maximum absolute atomic E-state index is 6.33. The summed E-state index contributed by atoms with van der Waals surface area (Å²) >= 11 is 0. The van der Waals surface area contributed by atoms with Crippen molar-refractivity contribution in [2.24, 2.45) is 5.92 Å². The summed E-state index contributed by atoms with van der Waals surface area (Å²) in [5.41, 5.74) is 11.4. The van der Waals surface area contributed by atoms with E-state index in [1.165, 1.54) is 6.33 Å². The third-order valence-electron chi connectivity index (χ3n) is 6.60. The highest BCUT2D eigenvalue weighted by molar-refractivity contribution is 5.91. The van der Waals surface area contributed by atoms with Gasteiger partial charge in [-0.05, 0) is 57.1 Å². The molecule has 1 aromatic carbocycles. The third kappa shape index (κ3) is 3.56. The van der Waals surface area contributed by atoms with Crippen LogP contribution in [0.15, 0.2) is 61.1 Å². The van der Waals surface area contributed by atoms with Crippen molar-refractivity contribution in [2.75, 3.05) is 26.4 Å². The van der Waals surface area contributed by atoms with E-state index < -0.39 is 0 Å². The maximum atomic E-state index is 6.33. The van der Waals surface area contributed by atoms with E-state index >= 15 is 0 Å². The second kappa shape index (κ2) is 8.14. The van der Waals surface area contributed by atoms with Crippen molar-refractivity contribution < 1.29 is 0 Å². The Hall–Kier alpha value is -3.91. The molecule has 0 spiro atoms. The van der Waals surface area contributed by atoms with E-state index in [0.29, 0.717) is 17.7 Å². The Balaban J connectivity index is 1.43. The highest BCUT2D eigenvalue weighted by Gasteiger charge is 2.35. The molecular weight excluding hydrogens is 424 g/mol. The van der Waals surface area contributed by atoms with Crippen molar-refractivity contribution in [3.63, 3.8) is 0 Å². The molecule has 4 aromatic heterocycles. The first kappa shape index (κ1) is 20.7. The number of nitrogens with zero attached hydrogens (tertiary/aromatic N) is 7. The summed E-state index contributed by atoms with van der Waals surface area (Å²) in [5, 5.41) is 5.58. The van der Waals surface area contributed by atoms with Gasteiger partial charge in [-0.3, -0.25) is 4.98 Å². The Bertz CT molecular complexity index is 1490. The fourth-order valence-electron chi connectivity index (χ4n) is 4.98. The lowest BCUT2D eigenvalue weighted by molar-refractivity contribution is 0.193. The van der Waals surface area contributed by atoms with Gasteiger partial charge >= 0.3 is 0 Å². The molecule has 1 fully saturated rings. The Morgan fingerprint density at radius 3 is 2.65 bits per heavy atom. The van der Waals surface area contributed by atoms with Crippen LogP contribution in [0, 0.1) is 5.92 Å². The predicted octanol–water partition coefficient (Wildman–Crippen LogP) is 4.04. The van der Waals surface area contributed by atoms with Gasteiger partial charge in [0.05, 0.1) is 16.9 Å². The molecule has 0 unspecified atom stereocenters. The zero-order chi connectivity index (χ0) is 23.2. The number of aromatic nitrogens is 6. The van der Waals surface area contributed by atoms with Gasteiger partial charge in [0.25, 0.3) is 0 Å². The normalized spacial score (nSPS) is 18.0. The Morgan fingerprint density at radius 1 is 1.00 bits per heavy atom. The third-order valence-corrected chi connectivity index (χ3v) is 6.60. The van der Waals surface area contributed by atoms with Crippen LogP contribution in [0.1, 0.15) is 24.6 Å². The summed E-state index contributed by atoms with van der Waals surface area (Å²) in [5.74, 6) is 2.45. The lowest BCUT2D eigenvalue weighted by Gasteiger charge is -2.35. The van der Waals surface area contributed by atoms with Crippen molar-refractivity contribution in [2.45, 2.75) is 18.8 Å². The second-order valence-electron chi connectivity index (χ2n) is 9.34. The summed E-state index contributed by atoms with van der Waals surface area (Å²) in [4.78, 5) is 20.9. The molecule has 1 aliphatic carbocycles. The van der Waals surface area contributed by atoms with Crippen LogP contribution in [0.4, 0.5) is 5.82 Å². The number of hydrogen-bond acceptors (Lipinski definition) is 7. The highest BCUT2D eigenvalue weighted by atomic mass is 15.3. The lowest BCUT2D eigenvalue weighted by Crippen LogP contribution is -2.32. The van der Waals surface area contributed by atoms with Crippen molar-refractivity contribution in [1.82, 2.24) is 34.4 Å². The summed E-state index contributed by atoms with van der Waals surface area (Å²) in [6.07, 6.45) is 5.50. The largest absolute Gasteiger partial charge is 0.382 e. The molecule has 6 rings (SSSR count). The van der Waals surface area contributed by atoms with E-state index in [0.717, 1.165) is 64.3 Å². The molecule has 1 aliphatic rings. The van der Waals surface area contributed by atoms with Crippen LogP contribution in [0.3, 0.4) is 0 Å². The molecule has 5 aromatic rings. The number of rotatable bonds is 5. The van der Waals surface area contributed by atoms with Gasteiger partial charge in [-0.1, -0.05) is 24.3 Å². The number of nitrogen functional groups attached to an aromatic ring is 1. The van der Waals surface area contributed by atoms with Crippen LogP contribution in [0.25, 0.3) is 39.1 Å². The van der Waals surface area contributed by atoms with Gasteiger partial charge in [-0.25, -0.2) is 19.5 Å². The zero-order valence-corrected chi connectivity index (χ0v) is 19.3. The van der Waals surface area contributed by atoms with E-state index in [4.69, 9.17) is 15.7 Å². The summed E-state index contributed by atoms with van der Waals surface area (Å²) < 4.78 is 1.89. The molecule has 34 heavy (non-hydrogen) atoms. The Morgan fingerprint density at radius 2 is 1.85 bits per heavy atom. The van der Waals surface area contributed by atoms with Gasteiger partial charge < -0.3 is 10.6 Å². The number of imidazole rings is 1. The number of benzene rings is 1. The maximum Gasteiger partial charge on any atom is 0.153 e. The van der Waals surface area contributed by atoms with Gasteiger partial charge in [0.2, 0.25) is 0 Å². The average molecular weight is 451 g/mol. The van der Waals surface area contributed by atoms with Gasteiger partial charge in [-0.2, -0.15) is 5.10 Å². The Kier molecular flexibility index (Phi) is 4.95. The first-order valence-corrected chi connectivity index (χ1v) is 11.5. The minimum atomic E-state index is 0.370. The summed E-state index contributed by atoms with van der Waals surface area (Å²) in [7, 11) is 4.24. The van der Waals surface area contributed by atoms with Crippen LogP contribution in [-0.4, -0.2) is 55.1 Å². The molecule has 1 saturated carbocycles. The molecular formula is C26H26N8. The van der Waals surface area contributed by atoms with Crippen LogP contribution in [0.2, 0.25) is 0 Å². The van der Waals surface area contributed by atoms with Crippen molar-refractivity contribution in [1.29, 1.82) is 0 Å². The molecule has 0 atom stereocenters. The van der Waals surface area contributed by atoms with Crippen molar-refractivity contribution in [3.8, 4) is 22.6 Å². The van der Waals surface area contributed by atoms with Gasteiger partial charge in [0.1, 0.15) is 23.4 Å². The van der Waals surface area contributed by atoms with Crippen molar-refractivity contribution in [3.05, 3.63) is 66.9 Å². The number of pyridine rings is 2. The number of nitrogens with two attached hydrogens (primary N) is 1. The molecule has 0 amide bonds. The molecule has 0 saturated heterocycles. The lowest BCUT2D eigenvalue weighted by atomic mass is 9.74. The molecule has 0 aliphatic heterocycles. The fourth-order valence-corrected chi connectivity index (χ4v) is 4.98. The van der Waals surface area contributed by atoms with Gasteiger partial charge in [0, 0.05) is 29.6 Å². The first-order valence-electron chi connectivity index (χ1n) is 11.5. The number of hydrogen-bond donors (Lipinski definition) is 1. The predicted molar refractivity (Wildman–Crippen MR) is 133 cm³/mol. The summed E-state index contributed by atoms with van der Waals surface area (Å²) in [6.45, 7) is 1.10. The minimum Gasteiger partial charge on any atom is -0.382 e. The zero-order valence-electron chi connectivity index (χ0n) is 19.3. The molecule has 170 valence electrons. The molecule has 8 heteroatoms. The average Bonchev–Trinajstić information content (AvgIpc) is 3.21. The van der Waals surface area contributed by atoms with E-state index in [2.05, 4.69) is 58.3 Å². The topological polar surface area (TPSA) is 98.1 Å². The minimum absolute atomic E-state index is 0.370. The van der Waals surface area contributed by atoms with E-state index in [-0.39, 0.29) is 0 Å². The number of fused-ring (bicyclic) bond motifs is 2. The van der Waals surface area contributed by atoms with Gasteiger partial charge in [-0.15, -0.1) is 0 Å². The molecule has 0 bridgehead atoms. The molecule has 2 N–H and O–H groups in total. The second-order valence-corrected chi connectivity index (χ2v) is 9.34. The molecule has 4 heterocycles. The smallest absolute Gasteiger partial charge is 0.153 e. The fraction of sp³-hybridized carbons (Fsp3) is 0.269. The molecule has 8 nitrogen and oxygen atoms in total. The van der Waals surface area contributed by atoms with Crippen LogP contribution < -0.4 is 5.73 Å². The van der Waals surface area contributed by atoms with Crippen molar-refractivity contribution >= 4 is 22.2 Å². The van der Waals surface area contributed by atoms with Crippen LogP contribution in [-0.2, 0) is 0 Å². The highest BCUT2D eigenvalue weighted by Crippen LogP contribution is 2.43. The quantitative estimate of drug-likeness (QED) is 0.431. The van der Waals surface area contributed by atoms with E-state index in [1.54, 1.807) is 6.20 Å². The standard InChI is InChI=1S/C26H26N8/c1-33(2)14-16-11-19(12-16)26-32-23(24-25(27)29-15-30-34(24)26)18-7-6-17-8-9-21(31-22(17)13-18)20-5-3-4-10-28-20/h3-10,13,15-16,19H,11-12,14H2,1-2H3,(H2,27,29,30). The first-order chi connectivity index (χ1) is 16.6. The van der Waals surface area contributed by atoms with E-state index in [9.17, 15) is 0 Å². The Labute approximate surface area is 197 Å². The van der Waals surface area contributed by atoms with E-state index in [1.807, 2.05) is 28.8 Å². The van der Waals surface area contributed by atoms with Crippen LogP contribution >= 0.6 is 0 Å². The molecule has 0 radical (unpaired) electrons. The summed E-state index contributed by atoms with van der Waals surface area (Å²) in [6, 6.07) is 16.1. The monoisotopic (exact) mass is 450 g/mol. The number of anilines is 1.